The fraction of sp³-hybridized carbons (Fsp3) is 0.231. The van der Waals surface area contributed by atoms with Gasteiger partial charge < -0.3 is 21.1 Å². The van der Waals surface area contributed by atoms with Crippen molar-refractivity contribution < 1.29 is 10.0 Å². The minimum Gasteiger partial charge on any atom is -0.369 e. The number of aliphatic hydroxyl groups is 1. The molecule has 7 nitrogen and oxygen atoms in total. The Morgan fingerprint density at radius 2 is 1.85 bits per heavy atom. The van der Waals surface area contributed by atoms with Crippen molar-refractivity contribution in [3.05, 3.63) is 99.6 Å². The quantitative estimate of drug-likeness (QED) is 0.205. The zero-order chi connectivity index (χ0) is 23.2. The van der Waals surface area contributed by atoms with Gasteiger partial charge in [0.2, 0.25) is 0 Å². The molecule has 0 aliphatic carbocycles. The molecule has 1 atom stereocenters. The molecule has 1 aliphatic rings. The number of aliphatic hydroxyl groups excluding tert-OH is 1. The first-order chi connectivity index (χ1) is 16.1. The number of hydrogen-bond acceptors (Lipinski definition) is 6. The Morgan fingerprint density at radius 1 is 1.09 bits per heavy atom. The first-order valence-corrected chi connectivity index (χ1v) is 11.2. The molecule has 0 bridgehead atoms. The van der Waals surface area contributed by atoms with Crippen LogP contribution >= 0.6 is 0 Å². The summed E-state index contributed by atoms with van der Waals surface area (Å²) in [7, 11) is 0. The maximum Gasteiger partial charge on any atom is 0.270 e. The van der Waals surface area contributed by atoms with Crippen molar-refractivity contribution in [1.29, 1.82) is 0 Å². The summed E-state index contributed by atoms with van der Waals surface area (Å²) in [6, 6.07) is 22.4. The second-order valence-corrected chi connectivity index (χ2v) is 8.04. The minimum absolute atomic E-state index is 0.0190. The molecule has 1 unspecified atom stereocenters. The van der Waals surface area contributed by atoms with E-state index in [-0.39, 0.29) is 5.69 Å². The summed E-state index contributed by atoms with van der Waals surface area (Å²) in [6.07, 6.45) is 1.33. The minimum atomic E-state index is -0.994. The van der Waals surface area contributed by atoms with Gasteiger partial charge in [-0.2, -0.15) is 0 Å². The number of fused-ring (bicyclic) bond motifs is 1. The van der Waals surface area contributed by atoms with Gasteiger partial charge in [-0.15, -0.1) is 0 Å². The monoisotopic (exact) mass is 444 g/mol. The van der Waals surface area contributed by atoms with Crippen LogP contribution in [0.25, 0.3) is 11.3 Å². The fourth-order valence-corrected chi connectivity index (χ4v) is 3.92. The molecular formula is C26H28N4O3. The second kappa shape index (κ2) is 10.3. The molecule has 7 heteroatoms. The molecule has 0 fully saturated rings. The number of rotatable bonds is 9. The van der Waals surface area contributed by atoms with E-state index in [2.05, 4.69) is 35.0 Å². The van der Waals surface area contributed by atoms with Crippen LogP contribution in [0, 0.1) is 10.1 Å². The standard InChI is InChI=1S/C26H28N4O3/c1-2-3-15-27-17-18-9-11-20(12-10-18)28-25(19-7-5-4-6-8-19)24-22-16-21(30(32)33)13-14-23(22)29-26(24)31/h4-14,16,26-29,31H,2-3,15,17H2,1H3/b25-24-. The Morgan fingerprint density at radius 3 is 2.55 bits per heavy atom. The maximum absolute atomic E-state index is 11.3. The van der Waals surface area contributed by atoms with E-state index in [1.807, 2.05) is 42.5 Å². The van der Waals surface area contributed by atoms with Gasteiger partial charge in [0.05, 0.1) is 10.6 Å². The summed E-state index contributed by atoms with van der Waals surface area (Å²) < 4.78 is 0. The first-order valence-electron chi connectivity index (χ1n) is 11.2. The van der Waals surface area contributed by atoms with Gasteiger partial charge in [-0.3, -0.25) is 10.1 Å². The van der Waals surface area contributed by atoms with E-state index in [9.17, 15) is 15.2 Å². The predicted molar refractivity (Wildman–Crippen MR) is 133 cm³/mol. The summed E-state index contributed by atoms with van der Waals surface area (Å²) in [5.74, 6) is 0. The molecule has 170 valence electrons. The lowest BCUT2D eigenvalue weighted by atomic mass is 9.99. The topological polar surface area (TPSA) is 99.5 Å². The van der Waals surface area contributed by atoms with E-state index in [1.165, 1.54) is 24.1 Å². The van der Waals surface area contributed by atoms with Crippen molar-refractivity contribution in [3.8, 4) is 0 Å². The predicted octanol–water partition coefficient (Wildman–Crippen LogP) is 5.21. The lowest BCUT2D eigenvalue weighted by molar-refractivity contribution is -0.384. The molecule has 4 N–H and O–H groups in total. The third kappa shape index (κ3) is 5.22. The van der Waals surface area contributed by atoms with Gasteiger partial charge in [-0.05, 0) is 42.3 Å². The number of non-ortho nitro benzene ring substituents is 1. The van der Waals surface area contributed by atoms with Crippen LogP contribution in [0.2, 0.25) is 0 Å². The van der Waals surface area contributed by atoms with Crippen molar-refractivity contribution >= 4 is 28.3 Å². The third-order valence-electron chi connectivity index (χ3n) is 5.66. The zero-order valence-electron chi connectivity index (χ0n) is 18.5. The van der Waals surface area contributed by atoms with Gasteiger partial charge in [0, 0.05) is 41.2 Å². The SMILES string of the molecule is CCCCNCc1ccc(N/C(=C2/c3cc([N+](=O)[O-])ccc3NC2O)c2ccccc2)cc1. The fourth-order valence-electron chi connectivity index (χ4n) is 3.92. The van der Waals surface area contributed by atoms with E-state index in [1.54, 1.807) is 6.07 Å². The summed E-state index contributed by atoms with van der Waals surface area (Å²) in [5.41, 5.74) is 5.45. The van der Waals surface area contributed by atoms with Crippen molar-refractivity contribution in [1.82, 2.24) is 5.32 Å². The highest BCUT2D eigenvalue weighted by Gasteiger charge is 2.30. The molecule has 1 heterocycles. The van der Waals surface area contributed by atoms with Gasteiger partial charge in [-0.25, -0.2) is 0 Å². The molecule has 0 saturated heterocycles. The Kier molecular flexibility index (Phi) is 7.02. The molecule has 4 rings (SSSR count). The average Bonchev–Trinajstić information content (AvgIpc) is 3.16. The summed E-state index contributed by atoms with van der Waals surface area (Å²) in [4.78, 5) is 10.9. The van der Waals surface area contributed by atoms with E-state index < -0.39 is 11.2 Å². The third-order valence-corrected chi connectivity index (χ3v) is 5.66. The average molecular weight is 445 g/mol. The summed E-state index contributed by atoms with van der Waals surface area (Å²) >= 11 is 0. The van der Waals surface area contributed by atoms with E-state index >= 15 is 0 Å². The summed E-state index contributed by atoms with van der Waals surface area (Å²) in [5, 5.41) is 32.1. The second-order valence-electron chi connectivity index (χ2n) is 8.04. The highest BCUT2D eigenvalue weighted by Crippen LogP contribution is 2.41. The lowest BCUT2D eigenvalue weighted by Gasteiger charge is -2.18. The number of benzene rings is 3. The van der Waals surface area contributed by atoms with Crippen molar-refractivity contribution in [2.75, 3.05) is 17.2 Å². The molecule has 3 aromatic rings. The smallest absolute Gasteiger partial charge is 0.270 e. The number of nitrogens with zero attached hydrogens (tertiary/aromatic N) is 1. The van der Waals surface area contributed by atoms with Gasteiger partial charge in [0.25, 0.3) is 5.69 Å². The maximum atomic E-state index is 11.3. The van der Waals surface area contributed by atoms with Gasteiger partial charge in [0.15, 0.2) is 6.23 Å². The Bertz CT molecular complexity index is 1140. The van der Waals surface area contributed by atoms with Crippen molar-refractivity contribution in [2.24, 2.45) is 0 Å². The molecule has 0 aromatic heterocycles. The van der Waals surface area contributed by atoms with Crippen LogP contribution < -0.4 is 16.0 Å². The Labute approximate surface area is 193 Å². The van der Waals surface area contributed by atoms with Crippen LogP contribution in [0.15, 0.2) is 72.8 Å². The van der Waals surface area contributed by atoms with Crippen LogP contribution in [-0.4, -0.2) is 22.8 Å². The van der Waals surface area contributed by atoms with E-state index in [0.717, 1.165) is 30.8 Å². The Balaban J connectivity index is 1.69. The summed E-state index contributed by atoms with van der Waals surface area (Å²) in [6.45, 7) is 3.98. The molecule has 3 aromatic carbocycles. The molecule has 0 amide bonds. The normalized spacial score (nSPS) is 16.1. The molecule has 1 aliphatic heterocycles. The molecular weight excluding hydrogens is 416 g/mol. The van der Waals surface area contributed by atoms with Crippen LogP contribution in [0.1, 0.15) is 36.5 Å². The number of unbranched alkanes of at least 4 members (excludes halogenated alkanes) is 1. The van der Waals surface area contributed by atoms with Crippen LogP contribution in [-0.2, 0) is 6.54 Å². The lowest BCUT2D eigenvalue weighted by Crippen LogP contribution is -2.16. The van der Waals surface area contributed by atoms with Gasteiger partial charge in [0.1, 0.15) is 0 Å². The highest BCUT2D eigenvalue weighted by atomic mass is 16.6. The van der Waals surface area contributed by atoms with E-state index in [4.69, 9.17) is 0 Å². The number of nitrogens with one attached hydrogen (secondary N) is 3. The van der Waals surface area contributed by atoms with Crippen molar-refractivity contribution in [2.45, 2.75) is 32.5 Å². The number of nitro groups is 1. The molecule has 0 spiro atoms. The largest absolute Gasteiger partial charge is 0.369 e. The number of nitro benzene ring substituents is 1. The first kappa shape index (κ1) is 22.5. The highest BCUT2D eigenvalue weighted by molar-refractivity contribution is 6.03. The molecule has 33 heavy (non-hydrogen) atoms. The zero-order valence-corrected chi connectivity index (χ0v) is 18.5. The van der Waals surface area contributed by atoms with Gasteiger partial charge >= 0.3 is 0 Å². The van der Waals surface area contributed by atoms with Crippen molar-refractivity contribution in [3.63, 3.8) is 0 Å². The van der Waals surface area contributed by atoms with E-state index in [0.29, 0.717) is 22.5 Å². The molecule has 0 radical (unpaired) electrons. The van der Waals surface area contributed by atoms with Crippen LogP contribution in [0.5, 0.6) is 0 Å². The Hall–Kier alpha value is -3.68. The van der Waals surface area contributed by atoms with Gasteiger partial charge in [-0.1, -0.05) is 55.8 Å². The van der Waals surface area contributed by atoms with Crippen LogP contribution in [0.4, 0.5) is 17.1 Å². The van der Waals surface area contributed by atoms with Crippen LogP contribution in [0.3, 0.4) is 0 Å². The number of anilines is 2. The molecule has 0 saturated carbocycles. The number of hydrogen-bond donors (Lipinski definition) is 4.